The molecule has 11 heteroatoms. The molecule has 0 bridgehead atoms. The fourth-order valence-electron chi connectivity index (χ4n) is 5.20. The van der Waals surface area contributed by atoms with E-state index in [1.165, 1.54) is 6.92 Å². The van der Waals surface area contributed by atoms with Crippen LogP contribution in [0.1, 0.15) is 60.4 Å². The Morgan fingerprint density at radius 2 is 1.73 bits per heavy atom. The van der Waals surface area contributed by atoms with Gasteiger partial charge in [0.25, 0.3) is 5.91 Å². The number of carbonyl (C=O) groups excluding carboxylic acids is 2. The molecule has 1 saturated heterocycles. The maximum atomic E-state index is 12.4. The minimum absolute atomic E-state index is 0.0110. The third kappa shape index (κ3) is 8.36. The summed E-state index contributed by atoms with van der Waals surface area (Å²) in [6, 6.07) is 23.8. The second-order valence-electron chi connectivity index (χ2n) is 11.0. The molecule has 1 amide bonds. The summed E-state index contributed by atoms with van der Waals surface area (Å²) < 4.78 is 19.1. The molecule has 1 aromatic heterocycles. The number of thioether (sulfide) groups is 1. The molecule has 4 aromatic rings. The van der Waals surface area contributed by atoms with E-state index in [0.29, 0.717) is 12.3 Å². The van der Waals surface area contributed by atoms with Gasteiger partial charge in [-0.1, -0.05) is 103 Å². The van der Waals surface area contributed by atoms with Gasteiger partial charge in [-0.05, 0) is 41.7 Å². The SMILES string of the molecule is CC(=O)O[C@@H](C)C(=O)NCc1ccccc1-c1ccc([C@H]2O[C@@H](CSc3nnc(C)s3)[C@@H](C)[C@@H](c3ccc(CO)cc3)O2)cc1. The maximum Gasteiger partial charge on any atom is 0.303 e. The Morgan fingerprint density at radius 3 is 2.40 bits per heavy atom. The standard InChI is InChI=1S/C34H37N3O6S2/c1-20-30(19-44-34-37-36-22(3)45-34)42-33(43-31(20)26-11-9-24(18-38)10-12-26)27-15-13-25(14-16-27)29-8-6-5-7-28(29)17-35-32(40)21(2)41-23(4)39/h5-16,20-21,30-31,33,38H,17-19H2,1-4H3,(H,35,40)/t20-,21+,30+,31+,33+/m1/s1. The van der Waals surface area contributed by atoms with Crippen LogP contribution in [0.4, 0.5) is 0 Å². The van der Waals surface area contributed by atoms with Crippen LogP contribution in [0.2, 0.25) is 0 Å². The second kappa shape index (κ2) is 15.1. The number of hydrogen-bond acceptors (Lipinski definition) is 10. The molecule has 0 aliphatic carbocycles. The first-order valence-electron chi connectivity index (χ1n) is 14.8. The van der Waals surface area contributed by atoms with Gasteiger partial charge in [0.2, 0.25) is 0 Å². The lowest BCUT2D eigenvalue weighted by molar-refractivity contribution is -0.268. The van der Waals surface area contributed by atoms with Crippen LogP contribution < -0.4 is 5.32 Å². The zero-order chi connectivity index (χ0) is 31.9. The van der Waals surface area contributed by atoms with Gasteiger partial charge in [0.05, 0.1) is 18.8 Å². The number of rotatable bonds is 11. The van der Waals surface area contributed by atoms with Crippen molar-refractivity contribution in [1.82, 2.24) is 15.5 Å². The number of amides is 1. The van der Waals surface area contributed by atoms with Gasteiger partial charge in [-0.25, -0.2) is 0 Å². The number of nitrogens with one attached hydrogen (secondary N) is 1. The number of aromatic nitrogens is 2. The van der Waals surface area contributed by atoms with Crippen LogP contribution in [-0.2, 0) is 37.0 Å². The zero-order valence-corrected chi connectivity index (χ0v) is 27.3. The Bertz CT molecular complexity index is 1590. The van der Waals surface area contributed by atoms with Crippen LogP contribution in [-0.4, -0.2) is 45.1 Å². The van der Waals surface area contributed by atoms with Crippen LogP contribution in [0.5, 0.6) is 0 Å². The van der Waals surface area contributed by atoms with Gasteiger partial charge < -0.3 is 24.6 Å². The highest BCUT2D eigenvalue weighted by Crippen LogP contribution is 2.43. The van der Waals surface area contributed by atoms with E-state index in [9.17, 15) is 14.7 Å². The Labute approximate surface area is 271 Å². The Hall–Kier alpha value is -3.61. The number of aliphatic hydroxyl groups is 1. The molecular weight excluding hydrogens is 611 g/mol. The number of carbonyl (C=O) groups is 2. The van der Waals surface area contributed by atoms with E-state index in [1.807, 2.05) is 79.7 Å². The number of hydrogen-bond donors (Lipinski definition) is 2. The summed E-state index contributed by atoms with van der Waals surface area (Å²) >= 11 is 3.21. The molecular formula is C34H37N3O6S2. The first-order chi connectivity index (χ1) is 21.7. The minimum atomic E-state index is -0.867. The normalized spacial score (nSPS) is 20.4. The van der Waals surface area contributed by atoms with E-state index in [2.05, 4.69) is 22.4 Å². The molecule has 0 radical (unpaired) electrons. The average molecular weight is 648 g/mol. The lowest BCUT2D eigenvalue weighted by Crippen LogP contribution is -2.38. The maximum absolute atomic E-state index is 12.4. The molecule has 45 heavy (non-hydrogen) atoms. The van der Waals surface area contributed by atoms with Gasteiger partial charge >= 0.3 is 5.97 Å². The fourth-order valence-corrected chi connectivity index (χ4v) is 7.21. The highest BCUT2D eigenvalue weighted by molar-refractivity contribution is 8.01. The Morgan fingerprint density at radius 1 is 1.02 bits per heavy atom. The molecule has 1 aliphatic rings. The van der Waals surface area contributed by atoms with Crippen molar-refractivity contribution in [2.45, 2.75) is 69.8 Å². The number of aliphatic hydroxyl groups excluding tert-OH is 1. The van der Waals surface area contributed by atoms with Crippen LogP contribution in [0.3, 0.4) is 0 Å². The van der Waals surface area contributed by atoms with Crippen molar-refractivity contribution in [3.63, 3.8) is 0 Å². The van der Waals surface area contributed by atoms with Crippen LogP contribution in [0, 0.1) is 12.8 Å². The molecule has 3 aromatic carbocycles. The smallest absolute Gasteiger partial charge is 0.303 e. The number of aryl methyl sites for hydroxylation is 1. The highest BCUT2D eigenvalue weighted by Gasteiger charge is 2.38. The minimum Gasteiger partial charge on any atom is -0.453 e. The summed E-state index contributed by atoms with van der Waals surface area (Å²) in [7, 11) is 0. The summed E-state index contributed by atoms with van der Waals surface area (Å²) in [4.78, 5) is 23.6. The molecule has 9 nitrogen and oxygen atoms in total. The van der Waals surface area contributed by atoms with Gasteiger partial charge in [-0.2, -0.15) is 0 Å². The first kappa shape index (κ1) is 32.8. The van der Waals surface area contributed by atoms with E-state index in [1.54, 1.807) is 30.0 Å². The van der Waals surface area contributed by atoms with Crippen molar-refractivity contribution in [1.29, 1.82) is 0 Å². The second-order valence-corrected chi connectivity index (χ2v) is 13.4. The van der Waals surface area contributed by atoms with Crippen molar-refractivity contribution in [3.8, 4) is 11.1 Å². The van der Waals surface area contributed by atoms with E-state index < -0.39 is 18.4 Å². The van der Waals surface area contributed by atoms with Crippen LogP contribution in [0.15, 0.2) is 77.1 Å². The molecule has 0 spiro atoms. The van der Waals surface area contributed by atoms with Crippen molar-refractivity contribution in [2.75, 3.05) is 5.75 Å². The summed E-state index contributed by atoms with van der Waals surface area (Å²) in [6.45, 7) is 7.20. The molecule has 0 saturated carbocycles. The predicted octanol–water partition coefficient (Wildman–Crippen LogP) is 6.16. The first-order valence-corrected chi connectivity index (χ1v) is 16.6. The molecule has 1 aliphatic heterocycles. The summed E-state index contributed by atoms with van der Waals surface area (Å²) in [5, 5.41) is 21.7. The molecule has 236 valence electrons. The monoisotopic (exact) mass is 647 g/mol. The van der Waals surface area contributed by atoms with Crippen molar-refractivity contribution in [2.24, 2.45) is 5.92 Å². The molecule has 5 rings (SSSR count). The Kier molecular flexibility index (Phi) is 11.0. The number of benzene rings is 3. The van der Waals surface area contributed by atoms with Crippen molar-refractivity contribution < 1.29 is 28.9 Å². The van der Waals surface area contributed by atoms with E-state index in [0.717, 1.165) is 42.7 Å². The van der Waals surface area contributed by atoms with Gasteiger partial charge in [0, 0.05) is 30.7 Å². The molecule has 1 fully saturated rings. The predicted molar refractivity (Wildman–Crippen MR) is 173 cm³/mol. The largest absolute Gasteiger partial charge is 0.453 e. The van der Waals surface area contributed by atoms with Gasteiger partial charge in [-0.3, -0.25) is 9.59 Å². The lowest BCUT2D eigenvalue weighted by Gasteiger charge is -2.41. The molecule has 0 unspecified atom stereocenters. The molecule has 5 atom stereocenters. The third-order valence-electron chi connectivity index (χ3n) is 7.68. The van der Waals surface area contributed by atoms with Crippen molar-refractivity contribution in [3.05, 3.63) is 100 Å². The Balaban J connectivity index is 1.34. The number of esters is 1. The zero-order valence-electron chi connectivity index (χ0n) is 25.6. The lowest BCUT2D eigenvalue weighted by atomic mass is 9.91. The van der Waals surface area contributed by atoms with Gasteiger partial charge in [-0.15, -0.1) is 10.2 Å². The third-order valence-corrected chi connectivity index (χ3v) is 9.74. The van der Waals surface area contributed by atoms with E-state index >= 15 is 0 Å². The molecule has 2 heterocycles. The molecule has 2 N–H and O–H groups in total. The summed E-state index contributed by atoms with van der Waals surface area (Å²) in [5.41, 5.74) is 5.67. The van der Waals surface area contributed by atoms with E-state index in [-0.39, 0.29) is 30.6 Å². The van der Waals surface area contributed by atoms with Crippen LogP contribution in [0.25, 0.3) is 11.1 Å². The fraction of sp³-hybridized carbons (Fsp3) is 0.353. The van der Waals surface area contributed by atoms with Gasteiger partial charge in [0.15, 0.2) is 16.7 Å². The average Bonchev–Trinajstić information content (AvgIpc) is 3.47. The topological polar surface area (TPSA) is 120 Å². The van der Waals surface area contributed by atoms with Gasteiger partial charge in [0.1, 0.15) is 5.01 Å². The number of nitrogens with zero attached hydrogens (tertiary/aromatic N) is 2. The quantitative estimate of drug-likeness (QED) is 0.146. The summed E-state index contributed by atoms with van der Waals surface area (Å²) in [5.74, 6) is -0.0893. The van der Waals surface area contributed by atoms with Crippen LogP contribution >= 0.6 is 23.1 Å². The highest BCUT2D eigenvalue weighted by atomic mass is 32.2. The van der Waals surface area contributed by atoms with Crippen molar-refractivity contribution >= 4 is 35.0 Å². The summed E-state index contributed by atoms with van der Waals surface area (Å²) in [6.07, 6.45) is -1.78. The van der Waals surface area contributed by atoms with E-state index in [4.69, 9.17) is 14.2 Å². The number of ether oxygens (including phenoxy) is 3.